The normalized spacial score (nSPS) is 18.2. The number of nitrogens with zero attached hydrogens (tertiary/aromatic N) is 1. The quantitative estimate of drug-likeness (QED) is 0.832. The highest BCUT2D eigenvalue weighted by Crippen LogP contribution is 2.22. The summed E-state index contributed by atoms with van der Waals surface area (Å²) in [5.41, 5.74) is 1.27. The van der Waals surface area contributed by atoms with Gasteiger partial charge in [-0.3, -0.25) is 0 Å². The van der Waals surface area contributed by atoms with E-state index in [4.69, 9.17) is 4.74 Å². The van der Waals surface area contributed by atoms with Crippen LogP contribution in [0, 0.1) is 0 Å². The van der Waals surface area contributed by atoms with Crippen LogP contribution in [0.1, 0.15) is 12.5 Å². The van der Waals surface area contributed by atoms with Gasteiger partial charge in [-0.05, 0) is 38.7 Å². The summed E-state index contributed by atoms with van der Waals surface area (Å²) in [4.78, 5) is 2.16. The summed E-state index contributed by atoms with van der Waals surface area (Å²) in [6.45, 7) is 4.96. The van der Waals surface area contributed by atoms with Crippen molar-refractivity contribution in [3.05, 3.63) is 29.8 Å². The molecule has 0 amide bonds. The summed E-state index contributed by atoms with van der Waals surface area (Å²) >= 11 is 0. The SMILES string of the molecule is CN(C)Cc1cccc(OC2(C)CNC2)c1. The van der Waals surface area contributed by atoms with E-state index in [0.717, 1.165) is 25.4 Å². The first kappa shape index (κ1) is 11.4. The van der Waals surface area contributed by atoms with Crippen molar-refractivity contribution >= 4 is 0 Å². The van der Waals surface area contributed by atoms with Crippen LogP contribution in [0.15, 0.2) is 24.3 Å². The summed E-state index contributed by atoms with van der Waals surface area (Å²) in [7, 11) is 4.15. The number of hydrogen-bond acceptors (Lipinski definition) is 3. The molecule has 1 saturated heterocycles. The molecule has 0 saturated carbocycles. The Kier molecular flexibility index (Phi) is 3.17. The molecular formula is C13H20N2O. The lowest BCUT2D eigenvalue weighted by Gasteiger charge is -2.39. The number of hydrogen-bond donors (Lipinski definition) is 1. The average molecular weight is 220 g/mol. The molecular weight excluding hydrogens is 200 g/mol. The Labute approximate surface area is 97.4 Å². The van der Waals surface area contributed by atoms with Gasteiger partial charge in [0, 0.05) is 19.6 Å². The van der Waals surface area contributed by atoms with Gasteiger partial charge in [-0.2, -0.15) is 0 Å². The fraction of sp³-hybridized carbons (Fsp3) is 0.538. The fourth-order valence-electron chi connectivity index (χ4n) is 1.91. The van der Waals surface area contributed by atoms with Gasteiger partial charge in [0.1, 0.15) is 11.4 Å². The molecule has 0 aromatic heterocycles. The Morgan fingerprint density at radius 3 is 2.69 bits per heavy atom. The van der Waals surface area contributed by atoms with Crippen molar-refractivity contribution in [2.45, 2.75) is 19.1 Å². The minimum Gasteiger partial charge on any atom is -0.485 e. The highest BCUT2D eigenvalue weighted by Gasteiger charge is 2.33. The molecule has 0 radical (unpaired) electrons. The zero-order chi connectivity index (χ0) is 11.6. The van der Waals surface area contributed by atoms with Crippen LogP contribution in [0.25, 0.3) is 0 Å². The van der Waals surface area contributed by atoms with Crippen molar-refractivity contribution in [3.8, 4) is 5.75 Å². The van der Waals surface area contributed by atoms with Gasteiger partial charge in [0.2, 0.25) is 0 Å². The van der Waals surface area contributed by atoms with E-state index in [2.05, 4.69) is 49.4 Å². The summed E-state index contributed by atoms with van der Waals surface area (Å²) in [6.07, 6.45) is 0. The predicted octanol–water partition coefficient (Wildman–Crippen LogP) is 1.49. The zero-order valence-electron chi connectivity index (χ0n) is 10.3. The fourth-order valence-corrected chi connectivity index (χ4v) is 1.91. The molecule has 1 N–H and O–H groups in total. The summed E-state index contributed by atoms with van der Waals surface area (Å²) < 4.78 is 5.98. The summed E-state index contributed by atoms with van der Waals surface area (Å²) in [5, 5.41) is 3.24. The van der Waals surface area contributed by atoms with Gasteiger partial charge < -0.3 is 15.0 Å². The largest absolute Gasteiger partial charge is 0.485 e. The molecule has 1 aliphatic rings. The van der Waals surface area contributed by atoms with Crippen molar-refractivity contribution in [3.63, 3.8) is 0 Å². The first-order valence-corrected chi connectivity index (χ1v) is 5.71. The van der Waals surface area contributed by atoms with Gasteiger partial charge in [0.15, 0.2) is 0 Å². The topological polar surface area (TPSA) is 24.5 Å². The van der Waals surface area contributed by atoms with E-state index >= 15 is 0 Å². The van der Waals surface area contributed by atoms with E-state index in [1.807, 2.05) is 6.07 Å². The van der Waals surface area contributed by atoms with Crippen molar-refractivity contribution < 1.29 is 4.74 Å². The molecule has 3 nitrogen and oxygen atoms in total. The van der Waals surface area contributed by atoms with E-state index in [-0.39, 0.29) is 5.60 Å². The third kappa shape index (κ3) is 2.74. The van der Waals surface area contributed by atoms with Crippen LogP contribution in [0.5, 0.6) is 5.75 Å². The van der Waals surface area contributed by atoms with Gasteiger partial charge in [0.25, 0.3) is 0 Å². The van der Waals surface area contributed by atoms with E-state index in [1.54, 1.807) is 0 Å². The van der Waals surface area contributed by atoms with Crippen molar-refractivity contribution in [1.82, 2.24) is 10.2 Å². The lowest BCUT2D eigenvalue weighted by molar-refractivity contribution is 0.0348. The zero-order valence-corrected chi connectivity index (χ0v) is 10.3. The first-order chi connectivity index (χ1) is 7.57. The van der Waals surface area contributed by atoms with Crippen LogP contribution in [-0.2, 0) is 6.54 Å². The van der Waals surface area contributed by atoms with Crippen molar-refractivity contribution in [1.29, 1.82) is 0 Å². The van der Waals surface area contributed by atoms with Gasteiger partial charge in [-0.1, -0.05) is 12.1 Å². The third-order valence-electron chi connectivity index (χ3n) is 2.76. The first-order valence-electron chi connectivity index (χ1n) is 5.71. The summed E-state index contributed by atoms with van der Waals surface area (Å²) in [5.74, 6) is 0.975. The molecule has 2 rings (SSSR count). The molecule has 1 heterocycles. The second-order valence-electron chi connectivity index (χ2n) is 5.04. The molecule has 1 aliphatic heterocycles. The van der Waals surface area contributed by atoms with Crippen LogP contribution in [0.2, 0.25) is 0 Å². The Bertz CT molecular complexity index is 359. The minimum atomic E-state index is -0.0171. The number of rotatable bonds is 4. The molecule has 1 aromatic carbocycles. The third-order valence-corrected chi connectivity index (χ3v) is 2.76. The highest BCUT2D eigenvalue weighted by atomic mass is 16.5. The lowest BCUT2D eigenvalue weighted by atomic mass is 10.00. The molecule has 88 valence electrons. The highest BCUT2D eigenvalue weighted by molar-refractivity contribution is 5.29. The smallest absolute Gasteiger partial charge is 0.131 e. The molecule has 16 heavy (non-hydrogen) atoms. The number of ether oxygens (including phenoxy) is 1. The molecule has 3 heteroatoms. The molecule has 0 spiro atoms. The molecule has 1 fully saturated rings. The molecule has 1 aromatic rings. The standard InChI is InChI=1S/C13H20N2O/c1-13(9-14-10-13)16-12-6-4-5-11(7-12)8-15(2)3/h4-7,14H,8-10H2,1-3H3. The maximum absolute atomic E-state index is 5.98. The maximum atomic E-state index is 5.98. The van der Waals surface area contributed by atoms with Crippen LogP contribution in [-0.4, -0.2) is 37.7 Å². The molecule has 0 unspecified atom stereocenters. The Balaban J connectivity index is 2.04. The van der Waals surface area contributed by atoms with Crippen LogP contribution >= 0.6 is 0 Å². The predicted molar refractivity (Wildman–Crippen MR) is 65.7 cm³/mol. The number of nitrogens with one attached hydrogen (secondary N) is 1. The number of benzene rings is 1. The van der Waals surface area contributed by atoms with Gasteiger partial charge >= 0.3 is 0 Å². The maximum Gasteiger partial charge on any atom is 0.131 e. The van der Waals surface area contributed by atoms with Crippen LogP contribution < -0.4 is 10.1 Å². The molecule has 0 atom stereocenters. The van der Waals surface area contributed by atoms with Gasteiger partial charge in [0.05, 0.1) is 0 Å². The van der Waals surface area contributed by atoms with E-state index < -0.39 is 0 Å². The molecule has 0 aliphatic carbocycles. The van der Waals surface area contributed by atoms with Crippen molar-refractivity contribution in [2.75, 3.05) is 27.2 Å². The summed E-state index contributed by atoms with van der Waals surface area (Å²) in [6, 6.07) is 8.35. The Hall–Kier alpha value is -1.06. The van der Waals surface area contributed by atoms with Gasteiger partial charge in [-0.25, -0.2) is 0 Å². The van der Waals surface area contributed by atoms with E-state index in [0.29, 0.717) is 0 Å². The Morgan fingerprint density at radius 1 is 1.38 bits per heavy atom. The lowest BCUT2D eigenvalue weighted by Crippen LogP contribution is -2.61. The van der Waals surface area contributed by atoms with Crippen LogP contribution in [0.3, 0.4) is 0 Å². The van der Waals surface area contributed by atoms with E-state index in [1.165, 1.54) is 5.56 Å². The monoisotopic (exact) mass is 220 g/mol. The average Bonchev–Trinajstić information content (AvgIpc) is 2.14. The second kappa shape index (κ2) is 4.44. The Morgan fingerprint density at radius 2 is 2.12 bits per heavy atom. The van der Waals surface area contributed by atoms with E-state index in [9.17, 15) is 0 Å². The molecule has 0 bridgehead atoms. The van der Waals surface area contributed by atoms with Gasteiger partial charge in [-0.15, -0.1) is 0 Å². The second-order valence-corrected chi connectivity index (χ2v) is 5.04. The van der Waals surface area contributed by atoms with Crippen LogP contribution in [0.4, 0.5) is 0 Å². The minimum absolute atomic E-state index is 0.0171. The van der Waals surface area contributed by atoms with Crippen molar-refractivity contribution in [2.24, 2.45) is 0 Å².